The molecule has 0 aliphatic carbocycles. The molecule has 5 heteroatoms. The summed E-state index contributed by atoms with van der Waals surface area (Å²) >= 11 is 0. The SMILES string of the molecule is COC(=O)c1ccc(CN(CCc2cc(F)cc(F)c2)CCC(C)C)cc1-c1ccccc1C. The summed E-state index contributed by atoms with van der Waals surface area (Å²) in [6.07, 6.45) is 1.57. The number of aryl methyl sites for hydroxylation is 1. The van der Waals surface area contributed by atoms with Crippen LogP contribution in [-0.4, -0.2) is 31.1 Å². The number of hydrogen-bond donors (Lipinski definition) is 0. The van der Waals surface area contributed by atoms with Gasteiger partial charge in [-0.05, 0) is 84.3 Å². The molecule has 0 unspecified atom stereocenters. The van der Waals surface area contributed by atoms with Crippen molar-refractivity contribution in [3.63, 3.8) is 0 Å². The summed E-state index contributed by atoms with van der Waals surface area (Å²) in [4.78, 5) is 14.8. The summed E-state index contributed by atoms with van der Waals surface area (Å²) in [5.74, 6) is -0.928. The van der Waals surface area contributed by atoms with Crippen LogP contribution < -0.4 is 0 Å². The van der Waals surface area contributed by atoms with Crippen molar-refractivity contribution in [3.05, 3.63) is 94.6 Å². The largest absolute Gasteiger partial charge is 0.465 e. The van der Waals surface area contributed by atoms with Gasteiger partial charge in [-0.2, -0.15) is 0 Å². The van der Waals surface area contributed by atoms with Gasteiger partial charge in [0.25, 0.3) is 0 Å². The fourth-order valence-corrected chi connectivity index (χ4v) is 4.09. The molecule has 3 nitrogen and oxygen atoms in total. The molecule has 0 aromatic heterocycles. The van der Waals surface area contributed by atoms with Crippen LogP contribution in [0.2, 0.25) is 0 Å². The summed E-state index contributed by atoms with van der Waals surface area (Å²) in [5.41, 5.74) is 5.17. The van der Waals surface area contributed by atoms with E-state index in [1.807, 2.05) is 43.3 Å². The van der Waals surface area contributed by atoms with Gasteiger partial charge in [0.1, 0.15) is 11.6 Å². The molecule has 0 aliphatic rings. The van der Waals surface area contributed by atoms with Crippen LogP contribution in [0.25, 0.3) is 11.1 Å². The van der Waals surface area contributed by atoms with Crippen LogP contribution in [0, 0.1) is 24.5 Å². The molecule has 0 atom stereocenters. The number of rotatable bonds is 10. The van der Waals surface area contributed by atoms with Gasteiger partial charge >= 0.3 is 5.97 Å². The Balaban J connectivity index is 1.87. The van der Waals surface area contributed by atoms with Crippen LogP contribution in [0.3, 0.4) is 0 Å². The highest BCUT2D eigenvalue weighted by molar-refractivity contribution is 5.97. The van der Waals surface area contributed by atoms with Gasteiger partial charge in [0.2, 0.25) is 0 Å². The molecule has 180 valence electrons. The molecule has 0 amide bonds. The van der Waals surface area contributed by atoms with Crippen molar-refractivity contribution in [1.82, 2.24) is 4.90 Å². The van der Waals surface area contributed by atoms with E-state index in [0.717, 1.165) is 41.3 Å². The molecule has 0 fully saturated rings. The van der Waals surface area contributed by atoms with E-state index in [9.17, 15) is 13.6 Å². The number of carbonyl (C=O) groups is 1. The third-order valence-corrected chi connectivity index (χ3v) is 5.99. The Morgan fingerprint density at radius 2 is 1.62 bits per heavy atom. The molecule has 0 heterocycles. The molecule has 34 heavy (non-hydrogen) atoms. The molecule has 3 aromatic rings. The summed E-state index contributed by atoms with van der Waals surface area (Å²) in [6, 6.07) is 17.5. The van der Waals surface area contributed by atoms with Crippen molar-refractivity contribution in [2.45, 2.75) is 40.2 Å². The van der Waals surface area contributed by atoms with Gasteiger partial charge in [-0.3, -0.25) is 4.90 Å². The van der Waals surface area contributed by atoms with Crippen molar-refractivity contribution in [1.29, 1.82) is 0 Å². The molecule has 0 bridgehead atoms. The summed E-state index contributed by atoms with van der Waals surface area (Å²) in [5, 5.41) is 0. The Labute approximate surface area is 201 Å². The van der Waals surface area contributed by atoms with Crippen LogP contribution >= 0.6 is 0 Å². The highest BCUT2D eigenvalue weighted by atomic mass is 19.1. The topological polar surface area (TPSA) is 29.5 Å². The Kier molecular flexibility index (Phi) is 8.94. The quantitative estimate of drug-likeness (QED) is 0.308. The van der Waals surface area contributed by atoms with Crippen LogP contribution in [-0.2, 0) is 17.7 Å². The molecule has 0 saturated carbocycles. The van der Waals surface area contributed by atoms with E-state index in [1.54, 1.807) is 0 Å². The maximum atomic E-state index is 13.6. The second-order valence-corrected chi connectivity index (χ2v) is 9.17. The Bertz CT molecular complexity index is 1110. The minimum absolute atomic E-state index is 0.366. The highest BCUT2D eigenvalue weighted by Crippen LogP contribution is 2.29. The van der Waals surface area contributed by atoms with Crippen molar-refractivity contribution >= 4 is 5.97 Å². The lowest BCUT2D eigenvalue weighted by Gasteiger charge is -2.24. The number of carbonyl (C=O) groups excluding carboxylic acids is 1. The third-order valence-electron chi connectivity index (χ3n) is 5.99. The molecular weight excluding hydrogens is 432 g/mol. The molecular formula is C29H33F2NO2. The van der Waals surface area contributed by atoms with Gasteiger partial charge in [-0.25, -0.2) is 13.6 Å². The predicted molar refractivity (Wildman–Crippen MR) is 133 cm³/mol. The smallest absolute Gasteiger partial charge is 0.338 e. The first kappa shape index (κ1) is 25.6. The number of methoxy groups -OCH3 is 1. The maximum absolute atomic E-state index is 13.6. The second-order valence-electron chi connectivity index (χ2n) is 9.17. The maximum Gasteiger partial charge on any atom is 0.338 e. The predicted octanol–water partition coefficient (Wildman–Crippen LogP) is 6.82. The van der Waals surface area contributed by atoms with Gasteiger partial charge in [-0.1, -0.05) is 44.2 Å². The number of ether oxygens (including phenoxy) is 1. The minimum atomic E-state index is -0.551. The molecule has 0 saturated heterocycles. The average molecular weight is 466 g/mol. The first-order valence-corrected chi connectivity index (χ1v) is 11.7. The number of hydrogen-bond acceptors (Lipinski definition) is 3. The minimum Gasteiger partial charge on any atom is -0.465 e. The fourth-order valence-electron chi connectivity index (χ4n) is 4.09. The normalized spacial score (nSPS) is 11.3. The van der Waals surface area contributed by atoms with Crippen molar-refractivity contribution in [2.75, 3.05) is 20.2 Å². The zero-order valence-corrected chi connectivity index (χ0v) is 20.4. The van der Waals surface area contributed by atoms with Gasteiger partial charge in [0.05, 0.1) is 12.7 Å². The molecule has 0 aliphatic heterocycles. The first-order chi connectivity index (χ1) is 16.3. The van der Waals surface area contributed by atoms with Crippen molar-refractivity contribution in [2.24, 2.45) is 5.92 Å². The molecule has 0 spiro atoms. The summed E-state index contributed by atoms with van der Waals surface area (Å²) in [6.45, 7) is 8.60. The van der Waals surface area contributed by atoms with E-state index in [2.05, 4.69) is 24.8 Å². The van der Waals surface area contributed by atoms with E-state index in [0.29, 0.717) is 36.6 Å². The summed E-state index contributed by atoms with van der Waals surface area (Å²) < 4.78 is 32.3. The monoisotopic (exact) mass is 465 g/mol. The lowest BCUT2D eigenvalue weighted by Crippen LogP contribution is -2.28. The Morgan fingerprint density at radius 3 is 2.26 bits per heavy atom. The van der Waals surface area contributed by atoms with Crippen LogP contribution in [0.4, 0.5) is 8.78 Å². The van der Waals surface area contributed by atoms with Gasteiger partial charge in [-0.15, -0.1) is 0 Å². The fraction of sp³-hybridized carbons (Fsp3) is 0.345. The number of halogens is 2. The number of nitrogens with zero attached hydrogens (tertiary/aromatic N) is 1. The lowest BCUT2D eigenvalue weighted by atomic mass is 9.94. The zero-order chi connectivity index (χ0) is 24.7. The van der Waals surface area contributed by atoms with Gasteiger partial charge < -0.3 is 4.74 Å². The Hall–Kier alpha value is -3.05. The number of esters is 1. The van der Waals surface area contributed by atoms with E-state index in [4.69, 9.17) is 4.74 Å². The second kappa shape index (κ2) is 11.9. The standard InChI is InChI=1S/C29H33F2NO2/c1-20(2)11-13-32(14-12-22-15-24(30)18-25(31)16-22)19-23-9-10-27(29(33)34-4)28(17-23)26-8-6-5-7-21(26)3/h5-10,15-18,20H,11-14,19H2,1-4H3. The van der Waals surface area contributed by atoms with Crippen molar-refractivity contribution in [3.8, 4) is 11.1 Å². The van der Waals surface area contributed by atoms with E-state index in [-0.39, 0.29) is 5.97 Å². The van der Waals surface area contributed by atoms with Crippen LogP contribution in [0.15, 0.2) is 60.7 Å². The molecule has 0 N–H and O–H groups in total. The molecule has 3 rings (SSSR count). The molecule has 0 radical (unpaired) electrons. The van der Waals surface area contributed by atoms with Crippen LogP contribution in [0.1, 0.15) is 47.3 Å². The van der Waals surface area contributed by atoms with Gasteiger partial charge in [0.15, 0.2) is 0 Å². The highest BCUT2D eigenvalue weighted by Gasteiger charge is 2.17. The average Bonchev–Trinajstić information content (AvgIpc) is 2.80. The van der Waals surface area contributed by atoms with E-state index in [1.165, 1.54) is 19.2 Å². The van der Waals surface area contributed by atoms with E-state index < -0.39 is 11.6 Å². The Morgan fingerprint density at radius 1 is 0.912 bits per heavy atom. The summed E-state index contributed by atoms with van der Waals surface area (Å²) in [7, 11) is 1.39. The van der Waals surface area contributed by atoms with Gasteiger partial charge in [0, 0.05) is 19.2 Å². The van der Waals surface area contributed by atoms with Crippen molar-refractivity contribution < 1.29 is 18.3 Å². The first-order valence-electron chi connectivity index (χ1n) is 11.7. The third kappa shape index (κ3) is 6.97. The van der Waals surface area contributed by atoms with E-state index >= 15 is 0 Å². The molecule has 3 aromatic carbocycles. The zero-order valence-electron chi connectivity index (χ0n) is 20.4. The lowest BCUT2D eigenvalue weighted by molar-refractivity contribution is 0.0601. The van der Waals surface area contributed by atoms with Crippen LogP contribution in [0.5, 0.6) is 0 Å². The number of benzene rings is 3.